The lowest BCUT2D eigenvalue weighted by molar-refractivity contribution is -0.318. The van der Waals surface area contributed by atoms with Crippen molar-refractivity contribution in [2.45, 2.75) is 50.3 Å². The molecule has 1 aliphatic heterocycles. The third-order valence-corrected chi connectivity index (χ3v) is 7.31. The fourth-order valence-electron chi connectivity index (χ4n) is 5.25. The molecule has 3 atom stereocenters. The van der Waals surface area contributed by atoms with Crippen LogP contribution in [0.1, 0.15) is 38.5 Å². The van der Waals surface area contributed by atoms with Crippen molar-refractivity contribution in [2.24, 2.45) is 17.8 Å². The largest absolute Gasteiger partial charge is 0.493 e. The van der Waals surface area contributed by atoms with E-state index < -0.39 is 40.7 Å². The molecular weight excluding hydrogens is 483 g/mol. The number of halogens is 3. The minimum atomic E-state index is -5.42. The molecule has 2 amide bonds. The molecule has 1 aromatic rings. The number of hydrogen-bond donors (Lipinski definition) is 2. The van der Waals surface area contributed by atoms with Crippen molar-refractivity contribution < 1.29 is 42.7 Å². The van der Waals surface area contributed by atoms with Gasteiger partial charge in [0, 0.05) is 31.9 Å². The smallest absolute Gasteiger partial charge is 0.390 e. The molecule has 0 aromatic heterocycles. The number of piperazine rings is 1. The van der Waals surface area contributed by atoms with Gasteiger partial charge in [-0.15, -0.1) is 0 Å². The van der Waals surface area contributed by atoms with Crippen LogP contribution in [-0.2, 0) is 19.2 Å². The Morgan fingerprint density at radius 1 is 1.03 bits per heavy atom. The van der Waals surface area contributed by atoms with Crippen molar-refractivity contribution in [3.05, 3.63) is 30.3 Å². The van der Waals surface area contributed by atoms with Gasteiger partial charge in [-0.2, -0.15) is 13.2 Å². The molecule has 2 saturated carbocycles. The maximum absolute atomic E-state index is 13.4. The Balaban J connectivity index is 1.46. The molecule has 1 heterocycles. The van der Waals surface area contributed by atoms with Crippen molar-refractivity contribution >= 4 is 23.5 Å². The van der Waals surface area contributed by atoms with E-state index in [1.807, 2.05) is 30.3 Å². The molecule has 1 saturated heterocycles. The predicted molar refractivity (Wildman–Crippen MR) is 119 cm³/mol. The third-order valence-electron chi connectivity index (χ3n) is 7.31. The lowest BCUT2D eigenvalue weighted by Crippen LogP contribution is -2.55. The molecule has 0 radical (unpaired) electrons. The van der Waals surface area contributed by atoms with E-state index in [0.717, 1.165) is 18.5 Å². The van der Waals surface area contributed by atoms with Crippen LogP contribution < -0.4 is 4.90 Å². The summed E-state index contributed by atoms with van der Waals surface area (Å²) in [7, 11) is 0. The number of hydrogen-bond acceptors (Lipinski definition) is 7. The summed E-state index contributed by atoms with van der Waals surface area (Å²) >= 11 is 0. The quantitative estimate of drug-likeness (QED) is 0.460. The summed E-state index contributed by atoms with van der Waals surface area (Å²) in [5.74, 6) is -6.51. The summed E-state index contributed by atoms with van der Waals surface area (Å²) < 4.78 is 37.7. The summed E-state index contributed by atoms with van der Waals surface area (Å²) in [6, 6.07) is 9.67. The van der Waals surface area contributed by atoms with Crippen LogP contribution >= 0.6 is 0 Å². The van der Waals surface area contributed by atoms with Gasteiger partial charge in [-0.05, 0) is 49.0 Å². The van der Waals surface area contributed by atoms with Crippen LogP contribution in [-0.4, -0.2) is 76.2 Å². The maximum Gasteiger partial charge on any atom is 0.493 e. The lowest BCUT2D eigenvalue weighted by Gasteiger charge is -2.43. The monoisotopic (exact) mass is 513 g/mol. The van der Waals surface area contributed by atoms with Gasteiger partial charge in [0.2, 0.25) is 5.91 Å². The van der Waals surface area contributed by atoms with Gasteiger partial charge in [-0.3, -0.25) is 14.8 Å². The maximum atomic E-state index is 13.4. The highest BCUT2D eigenvalue weighted by atomic mass is 19.4. The van der Waals surface area contributed by atoms with Crippen LogP contribution in [0.15, 0.2) is 30.3 Å². The second-order valence-electron chi connectivity index (χ2n) is 9.96. The summed E-state index contributed by atoms with van der Waals surface area (Å²) in [4.78, 5) is 45.0. The first-order valence-corrected chi connectivity index (χ1v) is 12.1. The van der Waals surface area contributed by atoms with Crippen molar-refractivity contribution in [1.82, 2.24) is 10.1 Å². The normalized spacial score (nSPS) is 26.9. The Morgan fingerprint density at radius 2 is 1.67 bits per heavy atom. The number of nitrogens with zero attached hydrogens (tertiary/aromatic N) is 3. The van der Waals surface area contributed by atoms with Gasteiger partial charge >= 0.3 is 12.1 Å². The number of rotatable bonds is 5. The Bertz CT molecular complexity index is 966. The molecule has 0 unspecified atom stereocenters. The molecule has 12 heteroatoms. The molecule has 2 N–H and O–H groups in total. The lowest BCUT2D eigenvalue weighted by atomic mass is 9.69. The van der Waals surface area contributed by atoms with Gasteiger partial charge in [0.25, 0.3) is 5.91 Å². The number of alkyl halides is 3. The molecule has 1 aromatic carbocycles. The van der Waals surface area contributed by atoms with Gasteiger partial charge in [-0.25, -0.2) is 4.79 Å². The van der Waals surface area contributed by atoms with Crippen molar-refractivity contribution in [3.8, 4) is 0 Å². The third kappa shape index (κ3) is 6.09. The van der Waals surface area contributed by atoms with Gasteiger partial charge < -0.3 is 19.7 Å². The zero-order valence-corrected chi connectivity index (χ0v) is 19.7. The van der Waals surface area contributed by atoms with Gasteiger partial charge in [0.1, 0.15) is 0 Å². The number of amides is 2. The molecular formula is C24H30F3N3O6. The minimum absolute atomic E-state index is 0.123. The molecule has 36 heavy (non-hydrogen) atoms. The molecule has 198 valence electrons. The fourth-order valence-corrected chi connectivity index (χ4v) is 5.25. The summed E-state index contributed by atoms with van der Waals surface area (Å²) in [6.07, 6.45) is -2.99. The van der Waals surface area contributed by atoms with Crippen LogP contribution in [0.2, 0.25) is 0 Å². The second-order valence-corrected chi connectivity index (χ2v) is 9.96. The zero-order chi connectivity index (χ0) is 26.1. The van der Waals surface area contributed by atoms with E-state index in [0.29, 0.717) is 32.6 Å². The highest BCUT2D eigenvalue weighted by molar-refractivity contribution is 5.88. The SMILES string of the molecule is O=C([C@H]1CC[C@@](O)(CC2CC2)C[C@@H]1C(=O)N(O)OC(=O)C(F)(F)F)N1CCN(c2ccccc2)CC1. The Kier molecular flexibility index (Phi) is 7.46. The molecule has 0 bridgehead atoms. The predicted octanol–water partition coefficient (Wildman–Crippen LogP) is 2.52. The highest BCUT2D eigenvalue weighted by Crippen LogP contribution is 2.46. The van der Waals surface area contributed by atoms with E-state index in [1.54, 1.807) is 4.90 Å². The Morgan fingerprint density at radius 3 is 2.25 bits per heavy atom. The Hall–Kier alpha value is -2.86. The standard InChI is InChI=1S/C24H30F3N3O6/c25-24(26,27)22(33)36-30(35)21(32)19-15-23(34,14-16-6-7-16)9-8-18(19)20(31)29-12-10-28(11-13-29)17-4-2-1-3-5-17/h1-5,16,18-19,34-35H,6-15H2/t18-,19-,23+/m0/s1. The van der Waals surface area contributed by atoms with Crippen LogP contribution in [0.25, 0.3) is 0 Å². The minimum Gasteiger partial charge on any atom is -0.390 e. The average molecular weight is 514 g/mol. The van der Waals surface area contributed by atoms with Crippen molar-refractivity contribution in [2.75, 3.05) is 31.1 Å². The molecule has 3 aliphatic rings. The van der Waals surface area contributed by atoms with E-state index in [2.05, 4.69) is 9.74 Å². The molecule has 3 fully saturated rings. The number of anilines is 1. The molecule has 0 spiro atoms. The van der Waals surface area contributed by atoms with E-state index in [4.69, 9.17) is 0 Å². The van der Waals surface area contributed by atoms with Crippen LogP contribution in [0, 0.1) is 17.8 Å². The van der Waals surface area contributed by atoms with Gasteiger partial charge in [0.05, 0.1) is 17.4 Å². The van der Waals surface area contributed by atoms with Crippen molar-refractivity contribution in [1.29, 1.82) is 0 Å². The van der Waals surface area contributed by atoms with E-state index in [-0.39, 0.29) is 31.1 Å². The first-order valence-electron chi connectivity index (χ1n) is 12.1. The van der Waals surface area contributed by atoms with Gasteiger partial charge in [-0.1, -0.05) is 31.0 Å². The van der Waals surface area contributed by atoms with Crippen molar-refractivity contribution in [3.63, 3.8) is 0 Å². The first-order chi connectivity index (χ1) is 17.0. The number of para-hydroxylation sites is 1. The number of carbonyl (C=O) groups excluding carboxylic acids is 3. The molecule has 9 nitrogen and oxygen atoms in total. The topological polar surface area (TPSA) is 111 Å². The van der Waals surface area contributed by atoms with Crippen LogP contribution in [0.4, 0.5) is 18.9 Å². The number of hydroxylamine groups is 2. The first kappa shape index (κ1) is 26.2. The second kappa shape index (κ2) is 10.3. The Labute approximate surface area is 206 Å². The highest BCUT2D eigenvalue weighted by Gasteiger charge is 2.51. The van der Waals surface area contributed by atoms with E-state index in [9.17, 15) is 37.9 Å². The number of carbonyl (C=O) groups is 3. The summed E-state index contributed by atoms with van der Waals surface area (Å²) in [5, 5.41) is 20.2. The zero-order valence-electron chi connectivity index (χ0n) is 19.7. The van der Waals surface area contributed by atoms with E-state index in [1.165, 1.54) is 0 Å². The average Bonchev–Trinajstić information content (AvgIpc) is 3.66. The van der Waals surface area contributed by atoms with Crippen LogP contribution in [0.3, 0.4) is 0 Å². The van der Waals surface area contributed by atoms with Crippen LogP contribution in [0.5, 0.6) is 0 Å². The fraction of sp³-hybridized carbons (Fsp3) is 0.625. The van der Waals surface area contributed by atoms with Gasteiger partial charge in [0.15, 0.2) is 0 Å². The summed E-state index contributed by atoms with van der Waals surface area (Å²) in [5.41, 5.74) is -0.276. The molecule has 4 rings (SSSR count). The summed E-state index contributed by atoms with van der Waals surface area (Å²) in [6.45, 7) is 1.87. The van der Waals surface area contributed by atoms with E-state index >= 15 is 0 Å². The number of benzene rings is 1. The number of aliphatic hydroxyl groups is 1. The molecule has 2 aliphatic carbocycles.